The van der Waals surface area contributed by atoms with Gasteiger partial charge in [-0.2, -0.15) is 14.7 Å². The fourth-order valence-electron chi connectivity index (χ4n) is 6.60. The van der Waals surface area contributed by atoms with E-state index >= 15 is 0 Å². The van der Waals surface area contributed by atoms with Crippen molar-refractivity contribution in [1.29, 1.82) is 0 Å². The first-order valence-electron chi connectivity index (χ1n) is 15.9. The maximum absolute atomic E-state index is 13.9. The number of nitrogens with two attached hydrogens (primary N) is 1. The van der Waals surface area contributed by atoms with Gasteiger partial charge in [0.2, 0.25) is 5.82 Å². The highest BCUT2D eigenvalue weighted by atomic mass is 28.3. The molecule has 15 nitrogen and oxygen atoms in total. The van der Waals surface area contributed by atoms with Crippen LogP contribution in [0.1, 0.15) is 65.2 Å². The van der Waals surface area contributed by atoms with E-state index in [1.807, 2.05) is 11.0 Å². The van der Waals surface area contributed by atoms with Gasteiger partial charge in [0.1, 0.15) is 24.7 Å². The number of rotatable bonds is 10. The molecule has 0 saturated carbocycles. The van der Waals surface area contributed by atoms with Gasteiger partial charge in [0.25, 0.3) is 5.91 Å². The first-order chi connectivity index (χ1) is 22.4. The number of carbonyl (C=O) groups is 3. The molecule has 6 heterocycles. The summed E-state index contributed by atoms with van der Waals surface area (Å²) in [5, 5.41) is 13.9. The van der Waals surface area contributed by atoms with Crippen molar-refractivity contribution in [3.8, 4) is 11.1 Å². The van der Waals surface area contributed by atoms with Gasteiger partial charge in [-0.3, -0.25) is 14.9 Å². The van der Waals surface area contributed by atoms with Gasteiger partial charge in [-0.25, -0.2) is 24.4 Å². The lowest BCUT2D eigenvalue weighted by atomic mass is 9.85. The van der Waals surface area contributed by atoms with E-state index < -0.39 is 8.07 Å². The molecule has 16 heteroatoms. The number of hydrogen-bond acceptors (Lipinski definition) is 10. The molecule has 4 N–H and O–H groups in total. The van der Waals surface area contributed by atoms with E-state index in [2.05, 4.69) is 50.4 Å². The van der Waals surface area contributed by atoms with Crippen LogP contribution in [-0.2, 0) is 11.5 Å². The molecule has 47 heavy (non-hydrogen) atoms. The number of hydrogen-bond donors (Lipinski definition) is 3. The molecule has 4 aromatic heterocycles. The summed E-state index contributed by atoms with van der Waals surface area (Å²) in [5.41, 5.74) is 9.50. The van der Waals surface area contributed by atoms with Crippen LogP contribution >= 0.6 is 0 Å². The van der Waals surface area contributed by atoms with Crippen molar-refractivity contribution in [3.63, 3.8) is 0 Å². The van der Waals surface area contributed by atoms with E-state index in [-0.39, 0.29) is 54.1 Å². The number of carbonyl (C=O) groups excluding carboxylic acids is 3. The largest absolute Gasteiger partial charge is 0.383 e. The zero-order chi connectivity index (χ0) is 33.5. The van der Waals surface area contributed by atoms with E-state index in [9.17, 15) is 14.4 Å². The second-order valence-corrected chi connectivity index (χ2v) is 19.1. The number of nitrogens with zero attached hydrogens (tertiary/aromatic N) is 8. The van der Waals surface area contributed by atoms with Crippen LogP contribution in [0.5, 0.6) is 0 Å². The number of pyridine rings is 1. The summed E-state index contributed by atoms with van der Waals surface area (Å²) in [6.07, 6.45) is 7.63. The average molecular weight is 660 g/mol. The fraction of sp³-hybridized carbons (Fsp3) is 0.484. The molecular weight excluding hydrogens is 619 g/mol. The minimum atomic E-state index is -1.24. The number of nitrogens with one attached hydrogen (secondary N) is 2. The highest BCUT2D eigenvalue weighted by Crippen LogP contribution is 2.45. The van der Waals surface area contributed by atoms with Gasteiger partial charge in [-0.05, 0) is 50.8 Å². The van der Waals surface area contributed by atoms with Crippen LogP contribution in [0.15, 0.2) is 30.9 Å². The average Bonchev–Trinajstić information content (AvgIpc) is 3.74. The number of ether oxygens (including phenoxy) is 1. The first kappa shape index (κ1) is 32.2. The quantitative estimate of drug-likeness (QED) is 0.128. The molecular formula is C31H41N11O4Si. The van der Waals surface area contributed by atoms with Crippen molar-refractivity contribution in [2.24, 2.45) is 0 Å². The Balaban J connectivity index is 1.25. The topological polar surface area (TPSA) is 188 Å². The smallest absolute Gasteiger partial charge is 0.320 e. The molecule has 4 aromatic rings. The minimum Gasteiger partial charge on any atom is -0.383 e. The Morgan fingerprint density at radius 2 is 1.81 bits per heavy atom. The summed E-state index contributed by atoms with van der Waals surface area (Å²) in [7, 11) is 0.284. The standard InChI is InChI=1S/C31H41N11O4Si/c1-18(43)25-26(39-28-23(15-36-42(28)27(25)32)19-6-9-24(34-14-19)38-31(45)33-2)20-12-21-7-8-22(13-20)41(21)30(44)29-35-16-37-40(29)17-46-10-11-47(3,4)5/h6,9,14-16,20-22H,7-8,10-13,17,32H2,1-5H3,(H2,33,34,38,45)/t20-,21+,22-. The molecule has 2 aliphatic rings. The maximum atomic E-state index is 13.9. The number of urea groups is 1. The van der Waals surface area contributed by atoms with Gasteiger partial charge in [0.05, 0.1) is 17.5 Å². The number of aromatic nitrogens is 7. The Hall–Kier alpha value is -4.70. The predicted octanol–water partition coefficient (Wildman–Crippen LogP) is 3.78. The Kier molecular flexibility index (Phi) is 8.80. The third-order valence-electron chi connectivity index (χ3n) is 8.98. The van der Waals surface area contributed by atoms with E-state index in [4.69, 9.17) is 15.5 Å². The third-order valence-corrected chi connectivity index (χ3v) is 10.7. The van der Waals surface area contributed by atoms with E-state index in [1.165, 1.54) is 24.8 Å². The van der Waals surface area contributed by atoms with Crippen molar-refractivity contribution in [3.05, 3.63) is 47.9 Å². The summed E-state index contributed by atoms with van der Waals surface area (Å²) < 4.78 is 8.89. The molecule has 2 bridgehead atoms. The molecule has 6 rings (SSSR count). The zero-order valence-electron chi connectivity index (χ0n) is 27.4. The summed E-state index contributed by atoms with van der Waals surface area (Å²) >= 11 is 0. The molecule has 2 saturated heterocycles. The van der Waals surface area contributed by atoms with Crippen LogP contribution in [-0.4, -0.2) is 90.8 Å². The SMILES string of the molecule is CNC(=O)Nc1ccc(-c2cnn3c(N)c(C(C)=O)c([C@H]4C[C@H]5CC[C@@H](C4)N5C(=O)c4ncnn4COCC[Si](C)(C)C)nc23)cn1. The van der Waals surface area contributed by atoms with Crippen LogP contribution in [0.3, 0.4) is 0 Å². The van der Waals surface area contributed by atoms with Gasteiger partial charge >= 0.3 is 6.03 Å². The molecule has 2 fully saturated rings. The first-order valence-corrected chi connectivity index (χ1v) is 19.6. The Bertz CT molecular complexity index is 1800. The molecule has 0 aromatic carbocycles. The molecule has 2 aliphatic heterocycles. The van der Waals surface area contributed by atoms with Gasteiger partial charge in [0.15, 0.2) is 11.4 Å². The minimum absolute atomic E-state index is 0.0442. The molecule has 3 amide bonds. The Morgan fingerprint density at radius 3 is 2.45 bits per heavy atom. The lowest BCUT2D eigenvalue weighted by molar-refractivity contribution is 0.0489. The van der Waals surface area contributed by atoms with Crippen molar-refractivity contribution in [2.45, 2.75) is 83.0 Å². The molecule has 248 valence electrons. The van der Waals surface area contributed by atoms with Crippen LogP contribution in [0.4, 0.5) is 16.4 Å². The molecule has 0 unspecified atom stereocenters. The van der Waals surface area contributed by atoms with Crippen molar-refractivity contribution in [2.75, 3.05) is 24.7 Å². The highest BCUT2D eigenvalue weighted by Gasteiger charge is 2.46. The lowest BCUT2D eigenvalue weighted by Gasteiger charge is -2.39. The monoisotopic (exact) mass is 659 g/mol. The number of ketones is 1. The number of amides is 3. The molecule has 3 atom stereocenters. The summed E-state index contributed by atoms with van der Waals surface area (Å²) in [6.45, 7) is 9.17. The van der Waals surface area contributed by atoms with Crippen LogP contribution in [0.2, 0.25) is 25.7 Å². The normalized spacial score (nSPS) is 19.3. The number of piperidine rings is 1. The molecule has 0 radical (unpaired) electrons. The van der Waals surface area contributed by atoms with Crippen molar-refractivity contribution in [1.82, 2.24) is 44.6 Å². The van der Waals surface area contributed by atoms with Gasteiger partial charge < -0.3 is 20.7 Å². The van der Waals surface area contributed by atoms with Gasteiger partial charge in [0, 0.05) is 57.1 Å². The number of nitrogen functional groups attached to an aromatic ring is 1. The van der Waals surface area contributed by atoms with Gasteiger partial charge in [-0.15, -0.1) is 0 Å². The highest BCUT2D eigenvalue weighted by molar-refractivity contribution is 6.76. The third kappa shape index (κ3) is 6.47. The second kappa shape index (κ2) is 12.8. The van der Waals surface area contributed by atoms with E-state index in [0.717, 1.165) is 24.4 Å². The summed E-state index contributed by atoms with van der Waals surface area (Å²) in [4.78, 5) is 54.2. The van der Waals surface area contributed by atoms with Crippen LogP contribution < -0.4 is 16.4 Å². The maximum Gasteiger partial charge on any atom is 0.320 e. The predicted molar refractivity (Wildman–Crippen MR) is 178 cm³/mol. The van der Waals surface area contributed by atoms with Gasteiger partial charge in [-0.1, -0.05) is 19.6 Å². The lowest BCUT2D eigenvalue weighted by Crippen LogP contribution is -2.47. The zero-order valence-corrected chi connectivity index (χ0v) is 28.4. The van der Waals surface area contributed by atoms with E-state index in [1.54, 1.807) is 23.1 Å². The van der Waals surface area contributed by atoms with E-state index in [0.29, 0.717) is 47.7 Å². The van der Waals surface area contributed by atoms with Crippen molar-refractivity contribution >= 4 is 43.1 Å². The summed E-state index contributed by atoms with van der Waals surface area (Å²) in [5.74, 6) is 0.449. The van der Waals surface area contributed by atoms with Crippen LogP contribution in [0.25, 0.3) is 16.8 Å². The fourth-order valence-corrected chi connectivity index (χ4v) is 7.36. The molecule has 0 aliphatic carbocycles. The number of anilines is 2. The number of fused-ring (bicyclic) bond motifs is 3. The Morgan fingerprint density at radius 1 is 1.06 bits per heavy atom. The molecule has 0 spiro atoms. The Labute approximate surface area is 273 Å². The second-order valence-electron chi connectivity index (χ2n) is 13.4. The van der Waals surface area contributed by atoms with Crippen LogP contribution in [0, 0.1) is 0 Å². The summed E-state index contributed by atoms with van der Waals surface area (Å²) in [6, 6.07) is 4.06. The number of Topliss-reactive ketones (excluding diaryl/α,β-unsaturated/α-hetero) is 1. The van der Waals surface area contributed by atoms with Crippen molar-refractivity contribution < 1.29 is 19.1 Å².